The number of hydrogen-bond donors (Lipinski definition) is 0. The largest absolute Gasteiger partial charge is 0.464 e. The normalized spacial score (nSPS) is 12.2. The fraction of sp³-hybridized carbons (Fsp3) is 0.238. The van der Waals surface area contributed by atoms with Crippen LogP contribution in [0.3, 0.4) is 0 Å². The molecule has 134 valence electrons. The standard InChI is InChI=1S/C21H19ClO4/c1-12-8-18-16(11-25-19(18)9-13(12)2)10-20(23)26-14(3)21(24)15-4-6-17(22)7-5-15/h4-9,11,14H,10H2,1-3H3/t14-/m1/s1. The molecule has 0 unspecified atom stereocenters. The van der Waals surface area contributed by atoms with Crippen LogP contribution in [-0.4, -0.2) is 17.9 Å². The molecule has 0 spiro atoms. The van der Waals surface area contributed by atoms with Gasteiger partial charge in [0.2, 0.25) is 5.78 Å². The van der Waals surface area contributed by atoms with Gasteiger partial charge in [0.25, 0.3) is 0 Å². The van der Waals surface area contributed by atoms with Crippen molar-refractivity contribution in [3.8, 4) is 0 Å². The molecule has 2 aromatic carbocycles. The maximum absolute atomic E-state index is 12.3. The van der Waals surface area contributed by atoms with Crippen LogP contribution in [0.5, 0.6) is 0 Å². The quantitative estimate of drug-likeness (QED) is 0.465. The number of halogens is 1. The number of rotatable bonds is 5. The van der Waals surface area contributed by atoms with Crippen molar-refractivity contribution in [2.45, 2.75) is 33.3 Å². The number of Topliss-reactive ketones (excluding diaryl/α,β-unsaturated/α-hetero) is 1. The zero-order chi connectivity index (χ0) is 18.8. The third-order valence-corrected chi connectivity index (χ3v) is 4.66. The van der Waals surface area contributed by atoms with Crippen molar-refractivity contribution in [3.05, 3.63) is 69.9 Å². The minimum absolute atomic E-state index is 0.0493. The van der Waals surface area contributed by atoms with Crippen LogP contribution >= 0.6 is 11.6 Å². The molecule has 0 saturated carbocycles. The highest BCUT2D eigenvalue weighted by molar-refractivity contribution is 6.30. The van der Waals surface area contributed by atoms with Gasteiger partial charge >= 0.3 is 5.97 Å². The number of hydrogen-bond acceptors (Lipinski definition) is 4. The van der Waals surface area contributed by atoms with E-state index in [4.69, 9.17) is 20.8 Å². The lowest BCUT2D eigenvalue weighted by atomic mass is 10.0. The highest BCUT2D eigenvalue weighted by atomic mass is 35.5. The molecule has 0 fully saturated rings. The Morgan fingerprint density at radius 3 is 2.46 bits per heavy atom. The molecule has 0 aliphatic carbocycles. The smallest absolute Gasteiger partial charge is 0.311 e. The lowest BCUT2D eigenvalue weighted by molar-refractivity contribution is -0.145. The Morgan fingerprint density at radius 2 is 1.77 bits per heavy atom. The van der Waals surface area contributed by atoms with Crippen molar-refractivity contribution in [2.75, 3.05) is 0 Å². The van der Waals surface area contributed by atoms with Gasteiger partial charge in [0.1, 0.15) is 5.58 Å². The summed E-state index contributed by atoms with van der Waals surface area (Å²) in [5.41, 5.74) is 4.19. The molecule has 3 rings (SSSR count). The lowest BCUT2D eigenvalue weighted by Gasteiger charge is -2.12. The summed E-state index contributed by atoms with van der Waals surface area (Å²) in [5.74, 6) is -0.737. The van der Waals surface area contributed by atoms with E-state index in [1.807, 2.05) is 26.0 Å². The third-order valence-electron chi connectivity index (χ3n) is 4.41. The second kappa shape index (κ2) is 7.34. The summed E-state index contributed by atoms with van der Waals surface area (Å²) < 4.78 is 10.8. The van der Waals surface area contributed by atoms with Crippen LogP contribution < -0.4 is 0 Å². The molecule has 0 radical (unpaired) electrons. The highest BCUT2D eigenvalue weighted by Crippen LogP contribution is 2.25. The minimum Gasteiger partial charge on any atom is -0.464 e. The number of esters is 1. The van der Waals surface area contributed by atoms with Gasteiger partial charge in [-0.3, -0.25) is 9.59 Å². The van der Waals surface area contributed by atoms with Crippen LogP contribution in [-0.2, 0) is 16.0 Å². The van der Waals surface area contributed by atoms with Crippen LogP contribution in [0.15, 0.2) is 47.1 Å². The van der Waals surface area contributed by atoms with Crippen LogP contribution in [0.4, 0.5) is 0 Å². The fourth-order valence-corrected chi connectivity index (χ4v) is 2.90. The third kappa shape index (κ3) is 3.81. The average molecular weight is 371 g/mol. The summed E-state index contributed by atoms with van der Waals surface area (Å²) in [7, 11) is 0. The van der Waals surface area contributed by atoms with Crippen molar-refractivity contribution in [1.29, 1.82) is 0 Å². The topological polar surface area (TPSA) is 56.5 Å². The number of furan rings is 1. The molecule has 0 N–H and O–H groups in total. The number of ether oxygens (including phenoxy) is 1. The summed E-state index contributed by atoms with van der Waals surface area (Å²) in [6.45, 7) is 5.59. The zero-order valence-electron chi connectivity index (χ0n) is 14.8. The fourth-order valence-electron chi connectivity index (χ4n) is 2.77. The van der Waals surface area contributed by atoms with Gasteiger partial charge in [0, 0.05) is 21.5 Å². The summed E-state index contributed by atoms with van der Waals surface area (Å²) in [6.07, 6.45) is 0.746. The number of benzene rings is 2. The van der Waals surface area contributed by atoms with Gasteiger partial charge in [-0.15, -0.1) is 0 Å². The molecule has 0 saturated heterocycles. The molecule has 5 heteroatoms. The minimum atomic E-state index is -0.870. The van der Waals surface area contributed by atoms with Crippen LogP contribution in [0.25, 0.3) is 11.0 Å². The Morgan fingerprint density at radius 1 is 1.12 bits per heavy atom. The summed E-state index contributed by atoms with van der Waals surface area (Å²) in [5, 5.41) is 1.44. The van der Waals surface area contributed by atoms with E-state index in [1.54, 1.807) is 37.5 Å². The van der Waals surface area contributed by atoms with E-state index in [2.05, 4.69) is 0 Å². The molecule has 1 aromatic heterocycles. The molecule has 26 heavy (non-hydrogen) atoms. The predicted molar refractivity (Wildman–Crippen MR) is 101 cm³/mol. The Balaban J connectivity index is 1.69. The van der Waals surface area contributed by atoms with E-state index < -0.39 is 12.1 Å². The van der Waals surface area contributed by atoms with Crippen LogP contribution in [0, 0.1) is 13.8 Å². The Kier molecular flexibility index (Phi) is 5.14. The number of ketones is 1. The van der Waals surface area contributed by atoms with Crippen molar-refractivity contribution in [1.82, 2.24) is 0 Å². The number of fused-ring (bicyclic) bond motifs is 1. The van der Waals surface area contributed by atoms with E-state index in [1.165, 1.54) is 0 Å². The first-order chi connectivity index (χ1) is 12.3. The molecule has 1 atom stereocenters. The van der Waals surface area contributed by atoms with Gasteiger partial charge in [-0.1, -0.05) is 11.6 Å². The van der Waals surface area contributed by atoms with E-state index >= 15 is 0 Å². The van der Waals surface area contributed by atoms with E-state index in [9.17, 15) is 9.59 Å². The van der Waals surface area contributed by atoms with Gasteiger partial charge in [-0.2, -0.15) is 0 Å². The molecule has 0 aliphatic heterocycles. The van der Waals surface area contributed by atoms with Gasteiger partial charge in [0.15, 0.2) is 6.10 Å². The SMILES string of the molecule is Cc1cc2occ(CC(=O)O[C@H](C)C(=O)c3ccc(Cl)cc3)c2cc1C. The Labute approximate surface area is 156 Å². The van der Waals surface area contributed by atoms with Crippen molar-refractivity contribution >= 4 is 34.3 Å². The van der Waals surface area contributed by atoms with Gasteiger partial charge in [-0.05, 0) is 68.3 Å². The maximum Gasteiger partial charge on any atom is 0.311 e. The molecule has 4 nitrogen and oxygen atoms in total. The van der Waals surface area contributed by atoms with E-state index in [0.717, 1.165) is 27.7 Å². The van der Waals surface area contributed by atoms with E-state index in [0.29, 0.717) is 10.6 Å². The maximum atomic E-state index is 12.3. The number of carbonyl (C=O) groups excluding carboxylic acids is 2. The van der Waals surface area contributed by atoms with Crippen LogP contribution in [0.2, 0.25) is 5.02 Å². The average Bonchev–Trinajstić information content (AvgIpc) is 2.97. The van der Waals surface area contributed by atoms with Crippen LogP contribution in [0.1, 0.15) is 34.0 Å². The molecule has 0 bridgehead atoms. The first-order valence-corrected chi connectivity index (χ1v) is 8.69. The Hall–Kier alpha value is -2.59. The van der Waals surface area contributed by atoms with Gasteiger partial charge in [-0.25, -0.2) is 0 Å². The molecular formula is C21H19ClO4. The monoisotopic (exact) mass is 370 g/mol. The zero-order valence-corrected chi connectivity index (χ0v) is 15.6. The van der Waals surface area contributed by atoms with Crippen molar-refractivity contribution < 1.29 is 18.7 Å². The predicted octanol–water partition coefficient (Wildman–Crippen LogP) is 5.06. The Bertz CT molecular complexity index is 970. The number of carbonyl (C=O) groups is 2. The highest BCUT2D eigenvalue weighted by Gasteiger charge is 2.21. The first kappa shape index (κ1) is 18.2. The number of aryl methyl sites for hydroxylation is 2. The lowest BCUT2D eigenvalue weighted by Crippen LogP contribution is -2.25. The molecule has 1 heterocycles. The molecule has 0 aliphatic rings. The van der Waals surface area contributed by atoms with E-state index in [-0.39, 0.29) is 12.2 Å². The first-order valence-electron chi connectivity index (χ1n) is 8.31. The summed E-state index contributed by atoms with van der Waals surface area (Å²) in [4.78, 5) is 24.6. The molecule has 3 aromatic rings. The second-order valence-electron chi connectivity index (χ2n) is 6.37. The van der Waals surface area contributed by atoms with Crippen molar-refractivity contribution in [3.63, 3.8) is 0 Å². The summed E-state index contributed by atoms with van der Waals surface area (Å²) >= 11 is 5.82. The van der Waals surface area contributed by atoms with Crippen molar-refractivity contribution in [2.24, 2.45) is 0 Å². The van der Waals surface area contributed by atoms with Gasteiger partial charge in [0.05, 0.1) is 12.7 Å². The molecular weight excluding hydrogens is 352 g/mol. The van der Waals surface area contributed by atoms with Gasteiger partial charge < -0.3 is 9.15 Å². The summed E-state index contributed by atoms with van der Waals surface area (Å²) in [6, 6.07) is 10.4. The second-order valence-corrected chi connectivity index (χ2v) is 6.81. The molecule has 0 amide bonds.